The SMILES string of the molecule is COc1ccc2ccnc(NC3CCCC3(C)C)c2c1. The number of fused-ring (bicyclic) bond motifs is 1. The molecule has 1 atom stereocenters. The van der Waals surface area contributed by atoms with Gasteiger partial charge in [0.2, 0.25) is 0 Å². The molecule has 2 aromatic rings. The number of hydrogen-bond acceptors (Lipinski definition) is 3. The molecule has 20 heavy (non-hydrogen) atoms. The van der Waals surface area contributed by atoms with Crippen molar-refractivity contribution in [2.24, 2.45) is 5.41 Å². The second kappa shape index (κ2) is 4.97. The van der Waals surface area contributed by atoms with Crippen LogP contribution in [0.1, 0.15) is 33.1 Å². The third kappa shape index (κ3) is 2.33. The summed E-state index contributed by atoms with van der Waals surface area (Å²) in [7, 11) is 1.70. The molecule has 1 aliphatic rings. The Morgan fingerprint density at radius 1 is 1.30 bits per heavy atom. The lowest BCUT2D eigenvalue weighted by Gasteiger charge is -2.28. The van der Waals surface area contributed by atoms with Crippen molar-refractivity contribution in [2.75, 3.05) is 12.4 Å². The minimum Gasteiger partial charge on any atom is -0.497 e. The molecular weight excluding hydrogens is 248 g/mol. The maximum Gasteiger partial charge on any atom is 0.134 e. The maximum absolute atomic E-state index is 5.33. The average Bonchev–Trinajstić information content (AvgIpc) is 2.78. The summed E-state index contributed by atoms with van der Waals surface area (Å²) in [6.07, 6.45) is 5.66. The van der Waals surface area contributed by atoms with Crippen LogP contribution >= 0.6 is 0 Å². The standard InChI is InChI=1S/C17H22N2O/c1-17(2)9-4-5-15(17)19-16-14-11-13(20-3)7-6-12(14)8-10-18-16/h6-8,10-11,15H,4-5,9H2,1-3H3,(H,18,19). The minimum atomic E-state index is 0.336. The molecule has 1 N–H and O–H groups in total. The van der Waals surface area contributed by atoms with Gasteiger partial charge in [-0.2, -0.15) is 0 Å². The lowest BCUT2D eigenvalue weighted by Crippen LogP contribution is -2.31. The summed E-state index contributed by atoms with van der Waals surface area (Å²) in [6.45, 7) is 4.67. The van der Waals surface area contributed by atoms with E-state index in [0.717, 1.165) is 17.0 Å². The predicted octanol–water partition coefficient (Wildman–Crippen LogP) is 4.23. The lowest BCUT2D eigenvalue weighted by molar-refractivity contribution is 0.349. The van der Waals surface area contributed by atoms with Crippen LogP contribution < -0.4 is 10.1 Å². The molecule has 0 radical (unpaired) electrons. The second-order valence-electron chi connectivity index (χ2n) is 6.32. The largest absolute Gasteiger partial charge is 0.497 e. The van der Waals surface area contributed by atoms with E-state index in [1.807, 2.05) is 18.3 Å². The smallest absolute Gasteiger partial charge is 0.134 e. The average molecular weight is 270 g/mol. The van der Waals surface area contributed by atoms with Crippen LogP contribution in [0.3, 0.4) is 0 Å². The zero-order valence-corrected chi connectivity index (χ0v) is 12.4. The molecule has 1 saturated carbocycles. The van der Waals surface area contributed by atoms with Crippen molar-refractivity contribution in [3.8, 4) is 5.75 Å². The van der Waals surface area contributed by atoms with Crippen molar-refractivity contribution in [1.29, 1.82) is 0 Å². The van der Waals surface area contributed by atoms with Gasteiger partial charge in [-0.1, -0.05) is 26.3 Å². The summed E-state index contributed by atoms with van der Waals surface area (Å²) in [5.41, 5.74) is 0.336. The zero-order chi connectivity index (χ0) is 14.2. The van der Waals surface area contributed by atoms with Gasteiger partial charge in [-0.3, -0.25) is 0 Å². The van der Waals surface area contributed by atoms with Gasteiger partial charge in [0.1, 0.15) is 11.6 Å². The van der Waals surface area contributed by atoms with E-state index in [4.69, 9.17) is 4.74 Å². The maximum atomic E-state index is 5.33. The van der Waals surface area contributed by atoms with Crippen molar-refractivity contribution in [2.45, 2.75) is 39.2 Å². The van der Waals surface area contributed by atoms with Crippen molar-refractivity contribution in [3.05, 3.63) is 30.5 Å². The molecule has 3 heteroatoms. The molecule has 1 aliphatic carbocycles. The molecule has 0 bridgehead atoms. The van der Waals surface area contributed by atoms with Crippen LogP contribution in [-0.2, 0) is 0 Å². The number of pyridine rings is 1. The van der Waals surface area contributed by atoms with Crippen LogP contribution in [0.5, 0.6) is 5.75 Å². The Balaban J connectivity index is 1.98. The topological polar surface area (TPSA) is 34.1 Å². The first-order valence-corrected chi connectivity index (χ1v) is 7.29. The van der Waals surface area contributed by atoms with Gasteiger partial charge in [0.05, 0.1) is 7.11 Å². The van der Waals surface area contributed by atoms with Gasteiger partial charge in [0.15, 0.2) is 0 Å². The van der Waals surface area contributed by atoms with Crippen molar-refractivity contribution < 1.29 is 4.74 Å². The molecule has 0 amide bonds. The van der Waals surface area contributed by atoms with Crippen LogP contribution in [0.4, 0.5) is 5.82 Å². The van der Waals surface area contributed by atoms with Gasteiger partial charge in [-0.05, 0) is 41.8 Å². The van der Waals surface area contributed by atoms with Crippen LogP contribution in [0.2, 0.25) is 0 Å². The Kier molecular flexibility index (Phi) is 3.28. The zero-order valence-electron chi connectivity index (χ0n) is 12.4. The molecule has 0 aliphatic heterocycles. The summed E-state index contributed by atoms with van der Waals surface area (Å²) < 4.78 is 5.33. The summed E-state index contributed by atoms with van der Waals surface area (Å²) in [6, 6.07) is 8.67. The van der Waals surface area contributed by atoms with Gasteiger partial charge in [0.25, 0.3) is 0 Å². The molecule has 1 heterocycles. The number of nitrogens with zero attached hydrogens (tertiary/aromatic N) is 1. The van der Waals surface area contributed by atoms with E-state index >= 15 is 0 Å². The van der Waals surface area contributed by atoms with Crippen molar-refractivity contribution in [1.82, 2.24) is 4.98 Å². The fraction of sp³-hybridized carbons (Fsp3) is 0.471. The Morgan fingerprint density at radius 2 is 2.15 bits per heavy atom. The number of hydrogen-bond donors (Lipinski definition) is 1. The normalized spacial score (nSPS) is 21.1. The third-order valence-corrected chi connectivity index (χ3v) is 4.54. The minimum absolute atomic E-state index is 0.336. The number of methoxy groups -OCH3 is 1. The van der Waals surface area contributed by atoms with E-state index in [2.05, 4.69) is 36.3 Å². The number of anilines is 1. The monoisotopic (exact) mass is 270 g/mol. The number of rotatable bonds is 3. The van der Waals surface area contributed by atoms with Gasteiger partial charge in [0, 0.05) is 17.6 Å². The Labute approximate surface area is 120 Å². The predicted molar refractivity (Wildman–Crippen MR) is 83.3 cm³/mol. The second-order valence-corrected chi connectivity index (χ2v) is 6.32. The van der Waals surface area contributed by atoms with Crippen LogP contribution in [-0.4, -0.2) is 18.1 Å². The quantitative estimate of drug-likeness (QED) is 0.906. The first-order chi connectivity index (χ1) is 9.60. The molecule has 1 aromatic heterocycles. The van der Waals surface area contributed by atoms with E-state index < -0.39 is 0 Å². The molecular formula is C17H22N2O. The number of ether oxygens (including phenoxy) is 1. The fourth-order valence-electron chi connectivity index (χ4n) is 3.15. The van der Waals surface area contributed by atoms with E-state index in [1.165, 1.54) is 24.6 Å². The van der Waals surface area contributed by atoms with Gasteiger partial charge >= 0.3 is 0 Å². The first-order valence-electron chi connectivity index (χ1n) is 7.29. The van der Waals surface area contributed by atoms with Gasteiger partial charge < -0.3 is 10.1 Å². The van der Waals surface area contributed by atoms with E-state index in [-0.39, 0.29) is 0 Å². The number of aromatic nitrogens is 1. The van der Waals surface area contributed by atoms with Crippen LogP contribution in [0, 0.1) is 5.41 Å². The Morgan fingerprint density at radius 3 is 2.85 bits per heavy atom. The highest BCUT2D eigenvalue weighted by Crippen LogP contribution is 2.39. The molecule has 1 fully saturated rings. The highest BCUT2D eigenvalue weighted by atomic mass is 16.5. The molecule has 1 aromatic carbocycles. The Hall–Kier alpha value is -1.77. The third-order valence-electron chi connectivity index (χ3n) is 4.54. The molecule has 3 rings (SSSR count). The van der Waals surface area contributed by atoms with Crippen molar-refractivity contribution in [3.63, 3.8) is 0 Å². The fourth-order valence-corrected chi connectivity index (χ4v) is 3.15. The molecule has 3 nitrogen and oxygen atoms in total. The molecule has 0 saturated heterocycles. The van der Waals surface area contributed by atoms with Crippen molar-refractivity contribution >= 4 is 16.6 Å². The Bertz CT molecular complexity index is 621. The highest BCUT2D eigenvalue weighted by molar-refractivity contribution is 5.92. The molecule has 0 spiro atoms. The van der Waals surface area contributed by atoms with E-state index in [9.17, 15) is 0 Å². The van der Waals surface area contributed by atoms with E-state index in [1.54, 1.807) is 7.11 Å². The van der Waals surface area contributed by atoms with Gasteiger partial charge in [-0.15, -0.1) is 0 Å². The summed E-state index contributed by atoms with van der Waals surface area (Å²) in [5, 5.41) is 5.99. The number of benzene rings is 1. The first kappa shape index (κ1) is 13.2. The lowest BCUT2D eigenvalue weighted by atomic mass is 9.87. The summed E-state index contributed by atoms with van der Waals surface area (Å²) in [5.74, 6) is 1.85. The van der Waals surface area contributed by atoms with Gasteiger partial charge in [-0.25, -0.2) is 4.98 Å². The summed E-state index contributed by atoms with van der Waals surface area (Å²) in [4.78, 5) is 4.54. The van der Waals surface area contributed by atoms with E-state index in [0.29, 0.717) is 11.5 Å². The summed E-state index contributed by atoms with van der Waals surface area (Å²) >= 11 is 0. The highest BCUT2D eigenvalue weighted by Gasteiger charge is 2.34. The number of nitrogens with one attached hydrogen (secondary N) is 1. The molecule has 1 unspecified atom stereocenters. The molecule has 106 valence electrons. The van der Waals surface area contributed by atoms with Crippen LogP contribution in [0.25, 0.3) is 10.8 Å². The van der Waals surface area contributed by atoms with Crippen LogP contribution in [0.15, 0.2) is 30.5 Å².